The van der Waals surface area contributed by atoms with Gasteiger partial charge in [-0.05, 0) is 43.9 Å². The molecule has 0 aliphatic carbocycles. The molecule has 0 spiro atoms. The molecule has 4 nitrogen and oxygen atoms in total. The zero-order valence-corrected chi connectivity index (χ0v) is 10.6. The third kappa shape index (κ3) is 2.57. The molecule has 1 fully saturated rings. The topological polar surface area (TPSA) is 73.3 Å². The fourth-order valence-corrected chi connectivity index (χ4v) is 2.54. The predicted octanol–water partition coefficient (Wildman–Crippen LogP) is 1.74. The van der Waals surface area contributed by atoms with E-state index in [4.69, 9.17) is 11.0 Å². The molecule has 0 saturated carbocycles. The first-order valence-corrected chi connectivity index (χ1v) is 6.34. The van der Waals surface area contributed by atoms with Gasteiger partial charge in [-0.1, -0.05) is 0 Å². The first-order chi connectivity index (χ1) is 8.61. The van der Waals surface area contributed by atoms with E-state index in [-0.39, 0.29) is 6.10 Å². The van der Waals surface area contributed by atoms with E-state index in [0.717, 1.165) is 31.6 Å². The minimum absolute atomic E-state index is 0.242. The molecule has 3 N–H and O–H groups in total. The molecule has 1 atom stereocenters. The lowest BCUT2D eigenvalue weighted by Crippen LogP contribution is -2.37. The molecule has 1 aromatic rings. The Morgan fingerprint density at radius 3 is 2.67 bits per heavy atom. The number of nitriles is 1. The van der Waals surface area contributed by atoms with Crippen LogP contribution in [-0.4, -0.2) is 24.3 Å². The van der Waals surface area contributed by atoms with Gasteiger partial charge in [0, 0.05) is 18.8 Å². The third-order valence-corrected chi connectivity index (χ3v) is 3.70. The molecule has 2 rings (SSSR count). The smallest absolute Gasteiger partial charge is 0.101 e. The van der Waals surface area contributed by atoms with Crippen LogP contribution in [0.2, 0.25) is 0 Å². The summed E-state index contributed by atoms with van der Waals surface area (Å²) in [4.78, 5) is 2.21. The summed E-state index contributed by atoms with van der Waals surface area (Å²) in [6.07, 6.45) is 1.69. The van der Waals surface area contributed by atoms with Crippen LogP contribution in [0, 0.1) is 17.2 Å². The average molecular weight is 245 g/mol. The van der Waals surface area contributed by atoms with Crippen LogP contribution in [0.4, 0.5) is 11.4 Å². The Labute approximate surface area is 108 Å². The number of aliphatic hydroxyl groups is 1. The number of nitrogens with zero attached hydrogens (tertiary/aromatic N) is 2. The van der Waals surface area contributed by atoms with E-state index in [1.807, 2.05) is 19.1 Å². The Balaban J connectivity index is 2.13. The monoisotopic (exact) mass is 245 g/mol. The van der Waals surface area contributed by atoms with Crippen LogP contribution < -0.4 is 10.6 Å². The average Bonchev–Trinajstić information content (AvgIpc) is 2.38. The highest BCUT2D eigenvalue weighted by Crippen LogP contribution is 2.28. The van der Waals surface area contributed by atoms with E-state index in [2.05, 4.69) is 11.0 Å². The van der Waals surface area contributed by atoms with Gasteiger partial charge in [-0.3, -0.25) is 0 Å². The largest absolute Gasteiger partial charge is 0.399 e. The van der Waals surface area contributed by atoms with Gasteiger partial charge in [-0.25, -0.2) is 0 Å². The Kier molecular flexibility index (Phi) is 3.73. The SMILES string of the molecule is CC(O)C1CCN(c2ccc(N)cc2C#N)CC1. The van der Waals surface area contributed by atoms with E-state index in [1.165, 1.54) is 0 Å². The van der Waals surface area contributed by atoms with Crippen molar-refractivity contribution in [2.24, 2.45) is 5.92 Å². The zero-order valence-electron chi connectivity index (χ0n) is 10.6. The van der Waals surface area contributed by atoms with E-state index in [1.54, 1.807) is 6.07 Å². The summed E-state index contributed by atoms with van der Waals surface area (Å²) in [5.41, 5.74) is 7.90. The number of anilines is 2. The molecule has 1 unspecified atom stereocenters. The Bertz CT molecular complexity index is 457. The summed E-state index contributed by atoms with van der Waals surface area (Å²) in [6.45, 7) is 3.62. The van der Waals surface area contributed by atoms with Crippen molar-refractivity contribution in [3.63, 3.8) is 0 Å². The van der Waals surface area contributed by atoms with E-state index in [9.17, 15) is 5.11 Å². The molecule has 0 aromatic heterocycles. The molecular weight excluding hydrogens is 226 g/mol. The lowest BCUT2D eigenvalue weighted by molar-refractivity contribution is 0.110. The fraction of sp³-hybridized carbons (Fsp3) is 0.500. The minimum atomic E-state index is -0.242. The summed E-state index contributed by atoms with van der Waals surface area (Å²) in [5, 5.41) is 18.7. The molecule has 1 aliphatic heterocycles. The lowest BCUT2D eigenvalue weighted by Gasteiger charge is -2.35. The number of hydrogen-bond donors (Lipinski definition) is 2. The quantitative estimate of drug-likeness (QED) is 0.778. The van der Waals surface area contributed by atoms with Crippen LogP contribution in [0.3, 0.4) is 0 Å². The van der Waals surface area contributed by atoms with Crippen molar-refractivity contribution in [2.75, 3.05) is 23.7 Å². The number of piperidine rings is 1. The Morgan fingerprint density at radius 1 is 1.44 bits per heavy atom. The van der Waals surface area contributed by atoms with Crippen molar-refractivity contribution < 1.29 is 5.11 Å². The van der Waals surface area contributed by atoms with Gasteiger partial charge in [-0.2, -0.15) is 5.26 Å². The second-order valence-corrected chi connectivity index (χ2v) is 4.95. The number of benzene rings is 1. The van der Waals surface area contributed by atoms with Crippen LogP contribution in [0.1, 0.15) is 25.3 Å². The molecule has 4 heteroatoms. The standard InChI is InChI=1S/C14H19N3O/c1-10(18)11-4-6-17(7-5-11)14-3-2-13(16)8-12(14)9-15/h2-3,8,10-11,18H,4-7,16H2,1H3. The molecule has 1 aromatic carbocycles. The van der Waals surface area contributed by atoms with Gasteiger partial charge in [0.05, 0.1) is 17.4 Å². The zero-order chi connectivity index (χ0) is 13.1. The maximum absolute atomic E-state index is 9.58. The highest BCUT2D eigenvalue weighted by Gasteiger charge is 2.23. The second-order valence-electron chi connectivity index (χ2n) is 4.95. The normalized spacial score (nSPS) is 18.4. The number of hydrogen-bond acceptors (Lipinski definition) is 4. The summed E-state index contributed by atoms with van der Waals surface area (Å²) < 4.78 is 0. The van der Waals surface area contributed by atoms with Crippen molar-refractivity contribution in [3.05, 3.63) is 23.8 Å². The number of rotatable bonds is 2. The van der Waals surface area contributed by atoms with E-state index >= 15 is 0 Å². The van der Waals surface area contributed by atoms with Crippen molar-refractivity contribution in [1.29, 1.82) is 5.26 Å². The molecule has 1 saturated heterocycles. The third-order valence-electron chi connectivity index (χ3n) is 3.70. The molecule has 0 radical (unpaired) electrons. The van der Waals surface area contributed by atoms with Gasteiger partial charge in [0.25, 0.3) is 0 Å². The minimum Gasteiger partial charge on any atom is -0.399 e. The van der Waals surface area contributed by atoms with E-state index in [0.29, 0.717) is 17.2 Å². The summed E-state index contributed by atoms with van der Waals surface area (Å²) in [7, 11) is 0. The van der Waals surface area contributed by atoms with Crippen molar-refractivity contribution >= 4 is 11.4 Å². The molecular formula is C14H19N3O. The van der Waals surface area contributed by atoms with Gasteiger partial charge in [0.2, 0.25) is 0 Å². The predicted molar refractivity (Wildman–Crippen MR) is 72.2 cm³/mol. The molecule has 1 heterocycles. The van der Waals surface area contributed by atoms with Crippen molar-refractivity contribution in [3.8, 4) is 6.07 Å². The van der Waals surface area contributed by atoms with Gasteiger partial charge in [-0.15, -0.1) is 0 Å². The molecule has 0 bridgehead atoms. The number of nitrogens with two attached hydrogens (primary N) is 1. The van der Waals surface area contributed by atoms with Gasteiger partial charge < -0.3 is 15.7 Å². The van der Waals surface area contributed by atoms with Crippen LogP contribution in [0.15, 0.2) is 18.2 Å². The summed E-state index contributed by atoms with van der Waals surface area (Å²) in [5.74, 6) is 0.376. The van der Waals surface area contributed by atoms with Crippen molar-refractivity contribution in [1.82, 2.24) is 0 Å². The highest BCUT2D eigenvalue weighted by atomic mass is 16.3. The molecule has 96 valence electrons. The highest BCUT2D eigenvalue weighted by molar-refractivity contribution is 5.64. The summed E-state index contributed by atoms with van der Waals surface area (Å²) >= 11 is 0. The molecule has 18 heavy (non-hydrogen) atoms. The molecule has 1 aliphatic rings. The van der Waals surface area contributed by atoms with Crippen LogP contribution in [0.5, 0.6) is 0 Å². The fourth-order valence-electron chi connectivity index (χ4n) is 2.54. The van der Waals surface area contributed by atoms with E-state index < -0.39 is 0 Å². The van der Waals surface area contributed by atoms with Crippen molar-refractivity contribution in [2.45, 2.75) is 25.9 Å². The Morgan fingerprint density at radius 2 is 2.11 bits per heavy atom. The van der Waals surface area contributed by atoms with Crippen LogP contribution in [0.25, 0.3) is 0 Å². The van der Waals surface area contributed by atoms with Gasteiger partial charge >= 0.3 is 0 Å². The summed E-state index contributed by atoms with van der Waals surface area (Å²) in [6, 6.07) is 7.66. The maximum atomic E-state index is 9.58. The first kappa shape index (κ1) is 12.7. The van der Waals surface area contributed by atoms with Gasteiger partial charge in [0.1, 0.15) is 6.07 Å². The van der Waals surface area contributed by atoms with Gasteiger partial charge in [0.15, 0.2) is 0 Å². The molecule has 0 amide bonds. The van der Waals surface area contributed by atoms with Crippen LogP contribution >= 0.6 is 0 Å². The number of aliphatic hydroxyl groups excluding tert-OH is 1. The number of nitrogen functional groups attached to an aromatic ring is 1. The first-order valence-electron chi connectivity index (χ1n) is 6.34. The van der Waals surface area contributed by atoms with Crippen LogP contribution in [-0.2, 0) is 0 Å². The lowest BCUT2D eigenvalue weighted by atomic mass is 9.91. The Hall–Kier alpha value is -1.73. The second kappa shape index (κ2) is 5.28. The maximum Gasteiger partial charge on any atom is 0.101 e.